The Morgan fingerprint density at radius 2 is 1.89 bits per heavy atom. The number of nitrogens with one attached hydrogen (secondary N) is 1. The second kappa shape index (κ2) is 4.47. The van der Waals surface area contributed by atoms with Gasteiger partial charge in [0.1, 0.15) is 0 Å². The van der Waals surface area contributed by atoms with Crippen molar-refractivity contribution in [3.05, 3.63) is 5.38 Å². The Hall–Kier alpha value is -0.585. The monoisotopic (exact) mass is 280 g/mol. The summed E-state index contributed by atoms with van der Waals surface area (Å²) in [7, 11) is -0.349. The molecule has 0 atom stereocenters. The van der Waals surface area contributed by atoms with Crippen LogP contribution in [0, 0.1) is 0 Å². The third-order valence-electron chi connectivity index (χ3n) is 4.45. The Labute approximate surface area is 119 Å². The maximum atomic E-state index is 6.00. The normalized spacial score (nSPS) is 25.4. The highest BCUT2D eigenvalue weighted by molar-refractivity contribution is 7.14. The molecular weight excluding hydrogens is 259 g/mol. The molecule has 1 aromatic rings. The number of anilines is 1. The van der Waals surface area contributed by atoms with Crippen LogP contribution in [0.25, 0.3) is 0 Å². The lowest BCUT2D eigenvalue weighted by Gasteiger charge is -2.32. The Morgan fingerprint density at radius 1 is 1.26 bits per heavy atom. The van der Waals surface area contributed by atoms with Crippen molar-refractivity contribution in [3.63, 3.8) is 0 Å². The van der Waals surface area contributed by atoms with Gasteiger partial charge < -0.3 is 14.6 Å². The third-order valence-corrected chi connectivity index (χ3v) is 5.24. The predicted molar refractivity (Wildman–Crippen MR) is 79.1 cm³/mol. The zero-order valence-corrected chi connectivity index (χ0v) is 12.8. The van der Waals surface area contributed by atoms with Crippen LogP contribution in [0.3, 0.4) is 0 Å². The maximum Gasteiger partial charge on any atom is 0.515 e. The minimum Gasteiger partial charge on any atom is -0.398 e. The molecule has 0 unspecified atom stereocenters. The predicted octanol–water partition coefficient (Wildman–Crippen LogP) is 2.41. The van der Waals surface area contributed by atoms with E-state index in [1.165, 1.54) is 19.3 Å². The third kappa shape index (κ3) is 2.41. The van der Waals surface area contributed by atoms with Crippen LogP contribution < -0.4 is 10.9 Å². The van der Waals surface area contributed by atoms with Crippen molar-refractivity contribution < 1.29 is 9.31 Å². The highest BCUT2D eigenvalue weighted by Gasteiger charge is 2.52. The lowest BCUT2D eigenvalue weighted by molar-refractivity contribution is 0.00578. The summed E-state index contributed by atoms with van der Waals surface area (Å²) in [4.78, 5) is 4.60. The Kier molecular flexibility index (Phi) is 3.15. The van der Waals surface area contributed by atoms with E-state index in [-0.39, 0.29) is 18.3 Å². The van der Waals surface area contributed by atoms with E-state index in [2.05, 4.69) is 38.0 Å². The van der Waals surface area contributed by atoms with Gasteiger partial charge in [0.25, 0.3) is 0 Å². The Bertz CT molecular complexity index is 455. The van der Waals surface area contributed by atoms with Crippen LogP contribution >= 0.6 is 11.3 Å². The summed E-state index contributed by atoms with van der Waals surface area (Å²) < 4.78 is 12.0. The van der Waals surface area contributed by atoms with E-state index < -0.39 is 0 Å². The molecule has 2 fully saturated rings. The minimum atomic E-state index is -0.349. The largest absolute Gasteiger partial charge is 0.515 e. The van der Waals surface area contributed by atoms with E-state index in [4.69, 9.17) is 9.31 Å². The highest BCUT2D eigenvalue weighted by atomic mass is 32.1. The van der Waals surface area contributed by atoms with Crippen LogP contribution in [-0.4, -0.2) is 29.3 Å². The average molecular weight is 280 g/mol. The van der Waals surface area contributed by atoms with Crippen LogP contribution in [0.5, 0.6) is 0 Å². The standard InChI is InChI=1S/C13H21BN2O2S/c1-12(2)13(3,4)18-14(17-12)10-8-19-11(16-10)15-9-6-5-7-9/h8-9H,5-7H2,1-4H3,(H,15,16). The van der Waals surface area contributed by atoms with Gasteiger partial charge in [-0.1, -0.05) is 0 Å². The summed E-state index contributed by atoms with van der Waals surface area (Å²) >= 11 is 1.63. The van der Waals surface area contributed by atoms with Crippen molar-refractivity contribution in [2.24, 2.45) is 0 Å². The number of hydrogen-bond acceptors (Lipinski definition) is 5. The number of rotatable bonds is 3. The first kappa shape index (κ1) is 13.4. The molecule has 104 valence electrons. The molecule has 1 aromatic heterocycles. The van der Waals surface area contributed by atoms with Crippen molar-refractivity contribution >= 4 is 29.2 Å². The van der Waals surface area contributed by atoms with E-state index in [0.717, 1.165) is 10.7 Å². The molecule has 4 nitrogen and oxygen atoms in total. The van der Waals surface area contributed by atoms with Gasteiger partial charge in [0.05, 0.1) is 16.8 Å². The van der Waals surface area contributed by atoms with Crippen LogP contribution in [-0.2, 0) is 9.31 Å². The second-order valence-corrected chi connectivity index (χ2v) is 7.30. The maximum absolute atomic E-state index is 6.00. The Balaban J connectivity index is 1.70. The molecule has 1 N–H and O–H groups in total. The van der Waals surface area contributed by atoms with Crippen LogP contribution in [0.2, 0.25) is 0 Å². The first-order valence-corrected chi connectivity index (χ1v) is 7.83. The first-order chi connectivity index (χ1) is 8.87. The molecule has 1 saturated heterocycles. The van der Waals surface area contributed by atoms with Crippen molar-refractivity contribution in [2.45, 2.75) is 64.2 Å². The number of nitrogens with zero attached hydrogens (tertiary/aromatic N) is 1. The van der Waals surface area contributed by atoms with Gasteiger partial charge in [0, 0.05) is 11.4 Å². The van der Waals surface area contributed by atoms with E-state index in [0.29, 0.717) is 6.04 Å². The molecule has 1 aliphatic carbocycles. The molecule has 0 spiro atoms. The molecule has 0 amide bonds. The smallest absolute Gasteiger partial charge is 0.398 e. The highest BCUT2D eigenvalue weighted by Crippen LogP contribution is 2.36. The molecule has 3 rings (SSSR count). The summed E-state index contributed by atoms with van der Waals surface area (Å²) in [6.45, 7) is 8.25. The number of thiazole rings is 1. The van der Waals surface area contributed by atoms with E-state index in [1.807, 2.05) is 5.38 Å². The zero-order chi connectivity index (χ0) is 13.7. The molecule has 0 bridgehead atoms. The van der Waals surface area contributed by atoms with Gasteiger partial charge in [-0.05, 0) is 47.0 Å². The van der Waals surface area contributed by atoms with Crippen LogP contribution in [0.4, 0.5) is 5.13 Å². The van der Waals surface area contributed by atoms with Gasteiger partial charge in [-0.15, -0.1) is 11.3 Å². The molecule has 0 radical (unpaired) electrons. The first-order valence-electron chi connectivity index (χ1n) is 6.95. The van der Waals surface area contributed by atoms with Gasteiger partial charge >= 0.3 is 7.12 Å². The van der Waals surface area contributed by atoms with Gasteiger partial charge in [-0.2, -0.15) is 0 Å². The quantitative estimate of drug-likeness (QED) is 0.863. The fourth-order valence-corrected chi connectivity index (χ4v) is 2.94. The number of aromatic nitrogens is 1. The summed E-state index contributed by atoms with van der Waals surface area (Å²) in [5.74, 6) is 0. The van der Waals surface area contributed by atoms with Crippen LogP contribution in [0.1, 0.15) is 47.0 Å². The summed E-state index contributed by atoms with van der Waals surface area (Å²) in [6, 6.07) is 0.609. The molecular formula is C13H21BN2O2S. The van der Waals surface area contributed by atoms with Gasteiger partial charge in [0.15, 0.2) is 5.13 Å². The molecule has 2 aliphatic rings. The Morgan fingerprint density at radius 3 is 2.42 bits per heavy atom. The molecule has 2 heterocycles. The second-order valence-electron chi connectivity index (χ2n) is 6.44. The van der Waals surface area contributed by atoms with E-state index >= 15 is 0 Å². The molecule has 1 aliphatic heterocycles. The van der Waals surface area contributed by atoms with Crippen LogP contribution in [0.15, 0.2) is 5.38 Å². The summed E-state index contributed by atoms with van der Waals surface area (Å²) in [6.07, 6.45) is 3.84. The minimum absolute atomic E-state index is 0.303. The van der Waals surface area contributed by atoms with Gasteiger partial charge in [0.2, 0.25) is 0 Å². The molecule has 19 heavy (non-hydrogen) atoms. The van der Waals surface area contributed by atoms with Crippen molar-refractivity contribution in [2.75, 3.05) is 5.32 Å². The summed E-state index contributed by atoms with van der Waals surface area (Å²) in [5, 5.41) is 6.47. The fraction of sp³-hybridized carbons (Fsp3) is 0.769. The van der Waals surface area contributed by atoms with Gasteiger partial charge in [-0.25, -0.2) is 4.98 Å². The van der Waals surface area contributed by atoms with Crippen molar-refractivity contribution in [1.29, 1.82) is 0 Å². The van der Waals surface area contributed by atoms with E-state index in [1.54, 1.807) is 11.3 Å². The SMILES string of the molecule is CC1(C)OB(c2csc(NC3CCC3)n2)OC1(C)C. The average Bonchev–Trinajstić information content (AvgIpc) is 2.77. The zero-order valence-electron chi connectivity index (χ0n) is 12.0. The van der Waals surface area contributed by atoms with Gasteiger partial charge in [-0.3, -0.25) is 0 Å². The molecule has 6 heteroatoms. The lowest BCUT2D eigenvalue weighted by atomic mass is 9.86. The fourth-order valence-electron chi connectivity index (χ4n) is 2.15. The summed E-state index contributed by atoms with van der Waals surface area (Å²) in [5.41, 5.74) is 0.275. The number of hydrogen-bond donors (Lipinski definition) is 1. The molecule has 1 saturated carbocycles. The lowest BCUT2D eigenvalue weighted by Crippen LogP contribution is -2.41. The van der Waals surface area contributed by atoms with E-state index in [9.17, 15) is 0 Å². The van der Waals surface area contributed by atoms with Crippen molar-refractivity contribution in [3.8, 4) is 0 Å². The molecule has 0 aromatic carbocycles. The topological polar surface area (TPSA) is 43.4 Å². The van der Waals surface area contributed by atoms with Crippen molar-refractivity contribution in [1.82, 2.24) is 4.98 Å².